The fourth-order valence-corrected chi connectivity index (χ4v) is 3.62. The van der Waals surface area contributed by atoms with Gasteiger partial charge in [-0.25, -0.2) is 8.42 Å². The summed E-state index contributed by atoms with van der Waals surface area (Å²) in [6.45, 7) is 0. The van der Waals surface area contributed by atoms with Gasteiger partial charge in [0.25, 0.3) is 0 Å². The lowest BCUT2D eigenvalue weighted by Gasteiger charge is -2.32. The lowest BCUT2D eigenvalue weighted by Crippen LogP contribution is -2.51. The summed E-state index contributed by atoms with van der Waals surface area (Å²) >= 11 is 0. The molecule has 1 heterocycles. The molecule has 0 radical (unpaired) electrons. The summed E-state index contributed by atoms with van der Waals surface area (Å²) < 4.78 is 22.8. The van der Waals surface area contributed by atoms with Crippen molar-refractivity contribution in [2.45, 2.75) is 12.1 Å². The fourth-order valence-electron chi connectivity index (χ4n) is 1.55. The van der Waals surface area contributed by atoms with E-state index in [1.807, 2.05) is 21.1 Å². The number of hydrogen-bond acceptors (Lipinski definition) is 3. The van der Waals surface area contributed by atoms with Gasteiger partial charge in [0.2, 0.25) is 0 Å². The molecule has 1 aliphatic heterocycles. The second-order valence-corrected chi connectivity index (χ2v) is 6.48. The summed E-state index contributed by atoms with van der Waals surface area (Å²) in [6, 6.07) is -0.171. The SMILES string of the molecule is C[N+](C)(C)[C@@H]1CS(=O)(=O)C[C@@H]1O. The Morgan fingerprint density at radius 2 is 1.75 bits per heavy atom. The summed E-state index contributed by atoms with van der Waals surface area (Å²) in [6.07, 6.45) is -0.699. The van der Waals surface area contributed by atoms with E-state index < -0.39 is 15.9 Å². The Balaban J connectivity index is 2.85. The molecule has 1 aliphatic rings. The Morgan fingerprint density at radius 3 is 1.92 bits per heavy atom. The van der Waals surface area contributed by atoms with Crippen molar-refractivity contribution in [3.63, 3.8) is 0 Å². The Bertz CT molecular complexity index is 265. The highest BCUT2D eigenvalue weighted by atomic mass is 32.2. The second-order valence-electron chi connectivity index (χ2n) is 4.33. The zero-order valence-electron chi connectivity index (χ0n) is 7.69. The van der Waals surface area contributed by atoms with E-state index in [1.54, 1.807) is 0 Å². The minimum absolute atomic E-state index is 0.0762. The summed E-state index contributed by atoms with van der Waals surface area (Å²) in [7, 11) is 2.70. The Hall–Kier alpha value is -0.130. The van der Waals surface area contributed by atoms with Gasteiger partial charge in [0, 0.05) is 0 Å². The standard InChI is InChI=1S/C7H16NO3S/c1-8(2,3)6-4-12(10,11)5-7(6)9/h6-7,9H,4-5H2,1-3H3/q+1/t6-,7+/m1/s1. The van der Waals surface area contributed by atoms with Crippen molar-refractivity contribution in [3.8, 4) is 0 Å². The second kappa shape index (κ2) is 2.68. The van der Waals surface area contributed by atoms with E-state index in [9.17, 15) is 13.5 Å². The zero-order chi connectivity index (χ0) is 9.57. The van der Waals surface area contributed by atoms with Gasteiger partial charge in [0.1, 0.15) is 17.9 Å². The first kappa shape index (κ1) is 9.95. The van der Waals surface area contributed by atoms with Crippen LogP contribution in [0.15, 0.2) is 0 Å². The van der Waals surface area contributed by atoms with Crippen molar-refractivity contribution in [3.05, 3.63) is 0 Å². The van der Waals surface area contributed by atoms with Crippen LogP contribution >= 0.6 is 0 Å². The maximum absolute atomic E-state index is 11.1. The molecule has 0 aromatic heterocycles. The number of sulfone groups is 1. The molecule has 0 bridgehead atoms. The highest BCUT2D eigenvalue weighted by molar-refractivity contribution is 7.91. The first-order valence-electron chi connectivity index (χ1n) is 3.92. The summed E-state index contributed by atoms with van der Waals surface area (Å²) in [5, 5.41) is 9.47. The number of aliphatic hydroxyl groups is 1. The van der Waals surface area contributed by atoms with Gasteiger partial charge in [-0.2, -0.15) is 0 Å². The van der Waals surface area contributed by atoms with Crippen LogP contribution in [0.3, 0.4) is 0 Å². The molecule has 0 unspecified atom stereocenters. The van der Waals surface area contributed by atoms with Gasteiger partial charge in [-0.15, -0.1) is 0 Å². The topological polar surface area (TPSA) is 54.4 Å². The highest BCUT2D eigenvalue weighted by Gasteiger charge is 2.44. The first-order valence-corrected chi connectivity index (χ1v) is 5.74. The average molecular weight is 194 g/mol. The van der Waals surface area contributed by atoms with Gasteiger partial charge in [0.15, 0.2) is 9.84 Å². The lowest BCUT2D eigenvalue weighted by molar-refractivity contribution is -0.896. The molecule has 1 saturated heterocycles. The molecule has 0 aromatic carbocycles. The van der Waals surface area contributed by atoms with E-state index in [1.165, 1.54) is 0 Å². The molecule has 0 aromatic rings. The van der Waals surface area contributed by atoms with Gasteiger partial charge in [-0.05, 0) is 0 Å². The molecule has 1 N–H and O–H groups in total. The van der Waals surface area contributed by atoms with Crippen molar-refractivity contribution >= 4 is 9.84 Å². The van der Waals surface area contributed by atoms with Crippen LogP contribution in [0.25, 0.3) is 0 Å². The monoisotopic (exact) mass is 194 g/mol. The van der Waals surface area contributed by atoms with Gasteiger partial charge in [0.05, 0.1) is 26.9 Å². The quantitative estimate of drug-likeness (QED) is 0.536. The number of aliphatic hydroxyl groups excluding tert-OH is 1. The van der Waals surface area contributed by atoms with E-state index in [0.29, 0.717) is 4.48 Å². The molecule has 1 rings (SSSR count). The van der Waals surface area contributed by atoms with Crippen molar-refractivity contribution in [2.75, 3.05) is 32.6 Å². The molecular weight excluding hydrogens is 178 g/mol. The number of nitrogens with zero attached hydrogens (tertiary/aromatic N) is 1. The number of hydrogen-bond donors (Lipinski definition) is 1. The first-order chi connectivity index (χ1) is 5.22. The maximum atomic E-state index is 11.1. The molecule has 4 nitrogen and oxygen atoms in total. The van der Waals surface area contributed by atoms with Gasteiger partial charge < -0.3 is 9.59 Å². The Morgan fingerprint density at radius 1 is 1.25 bits per heavy atom. The number of rotatable bonds is 1. The zero-order valence-corrected chi connectivity index (χ0v) is 8.50. The van der Waals surface area contributed by atoms with Gasteiger partial charge in [-0.1, -0.05) is 0 Å². The van der Waals surface area contributed by atoms with Crippen LogP contribution in [0.2, 0.25) is 0 Å². The number of quaternary nitrogens is 1. The Kier molecular flexibility index (Phi) is 2.22. The van der Waals surface area contributed by atoms with Gasteiger partial charge >= 0.3 is 0 Å². The predicted octanol–water partition coefficient (Wildman–Crippen LogP) is -1.15. The van der Waals surface area contributed by atoms with E-state index in [-0.39, 0.29) is 17.5 Å². The van der Waals surface area contributed by atoms with Crippen molar-refractivity contribution in [1.29, 1.82) is 0 Å². The third kappa shape index (κ3) is 1.97. The molecule has 72 valence electrons. The van der Waals surface area contributed by atoms with Crippen molar-refractivity contribution in [2.24, 2.45) is 0 Å². The highest BCUT2D eigenvalue weighted by Crippen LogP contribution is 2.19. The van der Waals surface area contributed by atoms with Crippen LogP contribution in [0.4, 0.5) is 0 Å². The van der Waals surface area contributed by atoms with E-state index in [2.05, 4.69) is 0 Å². The largest absolute Gasteiger partial charge is 0.386 e. The molecule has 0 amide bonds. The van der Waals surface area contributed by atoms with Crippen LogP contribution in [0, 0.1) is 0 Å². The van der Waals surface area contributed by atoms with Crippen LogP contribution in [0.5, 0.6) is 0 Å². The molecule has 0 saturated carbocycles. The molecule has 2 atom stereocenters. The van der Waals surface area contributed by atoms with Crippen LogP contribution in [-0.2, 0) is 9.84 Å². The molecule has 5 heteroatoms. The average Bonchev–Trinajstić information content (AvgIpc) is 2.03. The third-order valence-corrected chi connectivity index (χ3v) is 3.99. The molecule has 0 spiro atoms. The van der Waals surface area contributed by atoms with Crippen molar-refractivity contribution in [1.82, 2.24) is 0 Å². The molecule has 1 fully saturated rings. The summed E-state index contributed by atoms with van der Waals surface area (Å²) in [4.78, 5) is 0. The fraction of sp³-hybridized carbons (Fsp3) is 1.00. The van der Waals surface area contributed by atoms with Crippen LogP contribution in [0.1, 0.15) is 0 Å². The van der Waals surface area contributed by atoms with E-state index in [4.69, 9.17) is 0 Å². The molecule has 0 aliphatic carbocycles. The predicted molar refractivity (Wildman–Crippen MR) is 46.5 cm³/mol. The summed E-state index contributed by atoms with van der Waals surface area (Å²) in [5.41, 5.74) is 0. The maximum Gasteiger partial charge on any atom is 0.159 e. The lowest BCUT2D eigenvalue weighted by atomic mass is 10.2. The minimum atomic E-state index is -2.99. The molecule has 12 heavy (non-hydrogen) atoms. The summed E-state index contributed by atoms with van der Waals surface area (Å²) in [5.74, 6) is 0.0326. The third-order valence-electron chi connectivity index (χ3n) is 2.29. The van der Waals surface area contributed by atoms with Crippen LogP contribution < -0.4 is 0 Å². The smallest absolute Gasteiger partial charge is 0.159 e. The van der Waals surface area contributed by atoms with E-state index in [0.717, 1.165) is 0 Å². The minimum Gasteiger partial charge on any atom is -0.386 e. The van der Waals surface area contributed by atoms with Gasteiger partial charge in [-0.3, -0.25) is 0 Å². The molecular formula is C7H16NO3S+. The Labute approximate surface area is 73.3 Å². The number of likely N-dealkylation sites (N-methyl/N-ethyl adjacent to an activating group) is 1. The normalized spacial score (nSPS) is 35.3. The van der Waals surface area contributed by atoms with Crippen LogP contribution in [-0.4, -0.2) is 62.8 Å². The van der Waals surface area contributed by atoms with Crippen molar-refractivity contribution < 1.29 is 18.0 Å². The van der Waals surface area contributed by atoms with E-state index >= 15 is 0 Å².